The van der Waals surface area contributed by atoms with Gasteiger partial charge in [-0.3, -0.25) is 19.4 Å². The van der Waals surface area contributed by atoms with Crippen LogP contribution in [0.4, 0.5) is 0 Å². The number of hydrogen-bond acceptors (Lipinski definition) is 6. The maximum Gasteiger partial charge on any atom is 0.323 e. The van der Waals surface area contributed by atoms with E-state index in [1.165, 1.54) is 14.2 Å². The van der Waals surface area contributed by atoms with Gasteiger partial charge < -0.3 is 9.47 Å². The fourth-order valence-corrected chi connectivity index (χ4v) is 3.70. The van der Waals surface area contributed by atoms with Gasteiger partial charge in [0.25, 0.3) is 0 Å². The van der Waals surface area contributed by atoms with Gasteiger partial charge in [0.05, 0.1) is 14.2 Å². The Hall–Kier alpha value is -1.92. The molecule has 0 saturated carbocycles. The van der Waals surface area contributed by atoms with Crippen LogP contribution in [-0.4, -0.2) is 62.1 Å². The number of rotatable bonds is 12. The topological polar surface area (TPSA) is 59.1 Å². The summed E-state index contributed by atoms with van der Waals surface area (Å²) in [6, 6.07) is 7.76. The molecule has 0 aliphatic heterocycles. The molecule has 1 aromatic rings. The summed E-state index contributed by atoms with van der Waals surface area (Å²) in [6.07, 6.45) is 1.50. The van der Waals surface area contributed by atoms with Crippen molar-refractivity contribution < 1.29 is 19.1 Å². The van der Waals surface area contributed by atoms with Crippen LogP contribution >= 0.6 is 0 Å². The van der Waals surface area contributed by atoms with Crippen LogP contribution in [0.25, 0.3) is 0 Å². The minimum atomic E-state index is -0.268. The number of nitrogens with zero attached hydrogens (tertiary/aromatic N) is 2. The van der Waals surface area contributed by atoms with Crippen LogP contribution in [-0.2, 0) is 32.2 Å². The lowest BCUT2D eigenvalue weighted by molar-refractivity contribution is -0.148. The highest BCUT2D eigenvalue weighted by Crippen LogP contribution is 2.18. The summed E-state index contributed by atoms with van der Waals surface area (Å²) in [4.78, 5) is 28.6. The van der Waals surface area contributed by atoms with Crippen LogP contribution in [0.15, 0.2) is 24.3 Å². The van der Waals surface area contributed by atoms with Crippen molar-refractivity contribution in [2.75, 3.05) is 28.3 Å². The van der Waals surface area contributed by atoms with E-state index in [4.69, 9.17) is 9.47 Å². The number of esters is 2. The second-order valence-corrected chi connectivity index (χ2v) is 8.99. The van der Waals surface area contributed by atoms with Crippen LogP contribution in [0, 0.1) is 11.8 Å². The lowest BCUT2D eigenvalue weighted by Gasteiger charge is -2.28. The molecule has 0 N–H and O–H groups in total. The molecule has 6 heteroatoms. The highest BCUT2D eigenvalue weighted by atomic mass is 16.5. The molecule has 0 bridgehead atoms. The van der Waals surface area contributed by atoms with Crippen molar-refractivity contribution in [1.29, 1.82) is 0 Å². The first-order valence-electron chi connectivity index (χ1n) is 10.7. The number of carbonyl (C=O) groups excluding carboxylic acids is 2. The normalized spacial score (nSPS) is 13.7. The van der Waals surface area contributed by atoms with Gasteiger partial charge >= 0.3 is 11.9 Å². The van der Waals surface area contributed by atoms with E-state index in [1.54, 1.807) is 0 Å². The lowest BCUT2D eigenvalue weighted by Crippen LogP contribution is -2.40. The van der Waals surface area contributed by atoms with Crippen LogP contribution in [0.5, 0.6) is 0 Å². The molecule has 170 valence electrons. The smallest absolute Gasteiger partial charge is 0.323 e. The Labute approximate surface area is 182 Å². The quantitative estimate of drug-likeness (QED) is 0.480. The predicted octanol–water partition coefficient (Wildman–Crippen LogP) is 3.73. The Morgan fingerprint density at radius 2 is 1.17 bits per heavy atom. The molecule has 0 spiro atoms. The van der Waals surface area contributed by atoms with E-state index in [1.807, 2.05) is 30.0 Å². The molecule has 1 aromatic carbocycles. The lowest BCUT2D eigenvalue weighted by atomic mass is 10.0. The summed E-state index contributed by atoms with van der Waals surface area (Å²) in [5.74, 6) is 0.397. The Bertz CT molecular complexity index is 622. The number of carbonyl (C=O) groups is 2. The number of hydrogen-bond donors (Lipinski definition) is 0. The van der Waals surface area contributed by atoms with Crippen LogP contribution < -0.4 is 0 Å². The number of benzene rings is 1. The standard InChI is InChI=1S/C24H40N2O4/c1-17(2)12-21(23(27)29-7)25(5)15-19-10-9-11-20(14-19)16-26(6)22(13-18(3)4)24(28)30-8/h9-11,14,17-18,21-22H,12-13,15-16H2,1-8H3/t21-,22-/m0/s1. The molecule has 0 unspecified atom stereocenters. The van der Waals surface area contributed by atoms with E-state index in [0.717, 1.165) is 24.0 Å². The van der Waals surface area contributed by atoms with Gasteiger partial charge in [0.15, 0.2) is 0 Å². The van der Waals surface area contributed by atoms with Crippen molar-refractivity contribution in [2.45, 2.75) is 65.7 Å². The zero-order valence-electron chi connectivity index (χ0n) is 20.0. The Morgan fingerprint density at radius 3 is 1.47 bits per heavy atom. The minimum Gasteiger partial charge on any atom is -0.468 e. The maximum absolute atomic E-state index is 12.2. The summed E-state index contributed by atoms with van der Waals surface area (Å²) in [5, 5.41) is 0. The third-order valence-electron chi connectivity index (χ3n) is 5.26. The van der Waals surface area contributed by atoms with Crippen molar-refractivity contribution in [3.63, 3.8) is 0 Å². The summed E-state index contributed by atoms with van der Waals surface area (Å²) in [5.41, 5.74) is 2.25. The maximum atomic E-state index is 12.2. The molecule has 0 saturated heterocycles. The molecular weight excluding hydrogens is 380 g/mol. The first-order valence-corrected chi connectivity index (χ1v) is 10.7. The predicted molar refractivity (Wildman–Crippen MR) is 120 cm³/mol. The third kappa shape index (κ3) is 8.44. The van der Waals surface area contributed by atoms with Gasteiger partial charge in [0, 0.05) is 13.1 Å². The zero-order valence-corrected chi connectivity index (χ0v) is 20.0. The first kappa shape index (κ1) is 26.1. The number of ether oxygens (including phenoxy) is 2. The second-order valence-electron chi connectivity index (χ2n) is 8.99. The summed E-state index contributed by atoms with van der Waals surface area (Å²) >= 11 is 0. The zero-order chi connectivity index (χ0) is 22.8. The van der Waals surface area contributed by atoms with E-state index in [0.29, 0.717) is 24.9 Å². The molecular formula is C24H40N2O4. The summed E-state index contributed by atoms with van der Waals surface area (Å²) < 4.78 is 10.0. The highest BCUT2D eigenvalue weighted by Gasteiger charge is 2.26. The van der Waals surface area contributed by atoms with Gasteiger partial charge in [-0.15, -0.1) is 0 Å². The molecule has 0 aliphatic rings. The highest BCUT2D eigenvalue weighted by molar-refractivity contribution is 5.76. The first-order chi connectivity index (χ1) is 14.1. The van der Waals surface area contributed by atoms with Gasteiger partial charge in [-0.2, -0.15) is 0 Å². The van der Waals surface area contributed by atoms with Gasteiger partial charge in [0.2, 0.25) is 0 Å². The van der Waals surface area contributed by atoms with Gasteiger partial charge in [0.1, 0.15) is 12.1 Å². The van der Waals surface area contributed by atoms with E-state index in [-0.39, 0.29) is 24.0 Å². The van der Waals surface area contributed by atoms with Gasteiger partial charge in [-0.25, -0.2) is 0 Å². The average molecular weight is 421 g/mol. The fourth-order valence-electron chi connectivity index (χ4n) is 3.70. The molecule has 1 rings (SSSR count). The van der Waals surface area contributed by atoms with Crippen molar-refractivity contribution >= 4 is 11.9 Å². The molecule has 30 heavy (non-hydrogen) atoms. The van der Waals surface area contributed by atoms with Crippen molar-refractivity contribution in [3.8, 4) is 0 Å². The van der Waals surface area contributed by atoms with Gasteiger partial charge in [-0.05, 0) is 49.9 Å². The van der Waals surface area contributed by atoms with Gasteiger partial charge in [-0.1, -0.05) is 52.0 Å². The summed E-state index contributed by atoms with van der Waals surface area (Å²) in [6.45, 7) is 9.72. The van der Waals surface area contributed by atoms with Crippen molar-refractivity contribution in [2.24, 2.45) is 11.8 Å². The largest absolute Gasteiger partial charge is 0.468 e. The fraction of sp³-hybridized carbons (Fsp3) is 0.667. The summed E-state index contributed by atoms with van der Waals surface area (Å²) in [7, 11) is 6.79. The molecule has 0 fully saturated rings. The Kier molecular flexibility index (Phi) is 11.1. The van der Waals surface area contributed by atoms with E-state index >= 15 is 0 Å². The molecule has 6 nitrogen and oxygen atoms in total. The number of methoxy groups -OCH3 is 2. The monoisotopic (exact) mass is 420 g/mol. The molecule has 0 aromatic heterocycles. The molecule has 0 radical (unpaired) electrons. The molecule has 2 atom stereocenters. The molecule has 0 heterocycles. The van der Waals surface area contributed by atoms with E-state index in [9.17, 15) is 9.59 Å². The second kappa shape index (κ2) is 12.7. The third-order valence-corrected chi connectivity index (χ3v) is 5.26. The minimum absolute atomic E-state index is 0.198. The van der Waals surface area contributed by atoms with Crippen LogP contribution in [0.1, 0.15) is 51.7 Å². The SMILES string of the molecule is COC(=O)[C@H](CC(C)C)N(C)Cc1cccc(CN(C)[C@@H](CC(C)C)C(=O)OC)c1. The number of likely N-dealkylation sites (N-methyl/N-ethyl adjacent to an activating group) is 2. The van der Waals surface area contributed by atoms with Crippen molar-refractivity contribution in [1.82, 2.24) is 9.80 Å². The average Bonchev–Trinajstić information content (AvgIpc) is 2.68. The Morgan fingerprint density at radius 1 is 0.800 bits per heavy atom. The van der Waals surface area contributed by atoms with E-state index in [2.05, 4.69) is 45.9 Å². The van der Waals surface area contributed by atoms with E-state index < -0.39 is 0 Å². The Balaban J connectivity index is 2.90. The molecule has 0 aliphatic carbocycles. The van der Waals surface area contributed by atoms with Crippen LogP contribution in [0.3, 0.4) is 0 Å². The van der Waals surface area contributed by atoms with Crippen molar-refractivity contribution in [3.05, 3.63) is 35.4 Å². The van der Waals surface area contributed by atoms with Crippen LogP contribution in [0.2, 0.25) is 0 Å². The molecule has 0 amide bonds.